The number of hydrogen-bond donors (Lipinski definition) is 3. The van der Waals surface area contributed by atoms with Crippen LogP contribution in [0.4, 0.5) is 4.39 Å². The SMILES string of the molecule is C[C@@H](Oc1ccccc1F)C(=O)NNC(=O)Cn1[nH]c(=O)c2ccccc2c1=O. The van der Waals surface area contributed by atoms with Crippen molar-refractivity contribution in [3.8, 4) is 5.75 Å². The summed E-state index contributed by atoms with van der Waals surface area (Å²) in [5.74, 6) is -2.23. The van der Waals surface area contributed by atoms with Gasteiger partial charge in [0.15, 0.2) is 17.7 Å². The van der Waals surface area contributed by atoms with Gasteiger partial charge in [-0.15, -0.1) is 0 Å². The van der Waals surface area contributed by atoms with Gasteiger partial charge >= 0.3 is 0 Å². The Hall–Kier alpha value is -3.95. The summed E-state index contributed by atoms with van der Waals surface area (Å²) in [5, 5.41) is 2.68. The third kappa shape index (κ3) is 4.49. The number of nitrogens with one attached hydrogen (secondary N) is 3. The van der Waals surface area contributed by atoms with Gasteiger partial charge in [-0.1, -0.05) is 24.3 Å². The molecule has 2 amide bonds. The van der Waals surface area contributed by atoms with Crippen LogP contribution in [0.1, 0.15) is 6.92 Å². The second-order valence-corrected chi connectivity index (χ2v) is 6.11. The largest absolute Gasteiger partial charge is 0.478 e. The first-order valence-corrected chi connectivity index (χ1v) is 8.58. The summed E-state index contributed by atoms with van der Waals surface area (Å²) < 4.78 is 19.6. The van der Waals surface area contributed by atoms with Gasteiger partial charge in [-0.3, -0.25) is 35.1 Å². The fraction of sp³-hybridized carbons (Fsp3) is 0.158. The van der Waals surface area contributed by atoms with Crippen molar-refractivity contribution in [1.82, 2.24) is 20.6 Å². The molecule has 0 saturated carbocycles. The number of rotatable bonds is 5. The number of aromatic amines is 1. The maximum atomic E-state index is 13.6. The number of fused-ring (bicyclic) bond motifs is 1. The summed E-state index contributed by atoms with van der Waals surface area (Å²) in [7, 11) is 0. The fourth-order valence-corrected chi connectivity index (χ4v) is 2.56. The summed E-state index contributed by atoms with van der Waals surface area (Å²) in [6, 6.07) is 11.8. The number of ether oxygens (including phenoxy) is 1. The Morgan fingerprint density at radius 3 is 2.45 bits per heavy atom. The first kappa shape index (κ1) is 19.8. The molecule has 0 bridgehead atoms. The Balaban J connectivity index is 1.61. The molecule has 0 saturated heterocycles. The van der Waals surface area contributed by atoms with E-state index in [1.165, 1.54) is 37.3 Å². The number of hydrazine groups is 1. The molecule has 0 fully saturated rings. The number of carbonyl (C=O) groups is 2. The predicted molar refractivity (Wildman–Crippen MR) is 102 cm³/mol. The van der Waals surface area contributed by atoms with Gasteiger partial charge < -0.3 is 4.74 Å². The van der Waals surface area contributed by atoms with Gasteiger partial charge in [0.05, 0.1) is 10.8 Å². The topological polar surface area (TPSA) is 122 Å². The molecule has 0 aliphatic rings. The van der Waals surface area contributed by atoms with E-state index in [0.717, 1.165) is 4.68 Å². The van der Waals surface area contributed by atoms with E-state index in [1.807, 2.05) is 0 Å². The molecule has 0 radical (unpaired) electrons. The lowest BCUT2D eigenvalue weighted by Crippen LogP contribution is -2.49. The molecule has 0 aliphatic carbocycles. The Morgan fingerprint density at radius 1 is 1.07 bits per heavy atom. The van der Waals surface area contributed by atoms with Crippen LogP contribution in [0, 0.1) is 5.82 Å². The van der Waals surface area contributed by atoms with Crippen molar-refractivity contribution in [3.05, 3.63) is 75.1 Å². The maximum Gasteiger partial charge on any atom is 0.279 e. The molecular weight excluding hydrogens is 383 g/mol. The zero-order chi connectivity index (χ0) is 21.0. The normalized spacial score (nSPS) is 11.7. The average Bonchev–Trinajstić information content (AvgIpc) is 2.71. The van der Waals surface area contributed by atoms with Crippen LogP contribution in [0.2, 0.25) is 0 Å². The number of nitrogens with zero attached hydrogens (tertiary/aromatic N) is 1. The molecule has 1 atom stereocenters. The lowest BCUT2D eigenvalue weighted by atomic mass is 10.2. The lowest BCUT2D eigenvalue weighted by molar-refractivity contribution is -0.133. The Kier molecular flexibility index (Phi) is 5.72. The van der Waals surface area contributed by atoms with E-state index >= 15 is 0 Å². The first-order chi connectivity index (χ1) is 13.9. The molecule has 3 rings (SSSR count). The van der Waals surface area contributed by atoms with Crippen molar-refractivity contribution in [2.45, 2.75) is 19.6 Å². The van der Waals surface area contributed by atoms with Crippen molar-refractivity contribution in [2.24, 2.45) is 0 Å². The van der Waals surface area contributed by atoms with Crippen molar-refractivity contribution in [1.29, 1.82) is 0 Å². The highest BCUT2D eigenvalue weighted by atomic mass is 19.1. The summed E-state index contributed by atoms with van der Waals surface area (Å²) in [6.45, 7) is 0.848. The Labute approximate surface area is 163 Å². The molecule has 3 N–H and O–H groups in total. The maximum absolute atomic E-state index is 13.6. The van der Waals surface area contributed by atoms with Crippen LogP contribution < -0.4 is 26.7 Å². The number of carbonyl (C=O) groups excluding carboxylic acids is 2. The Morgan fingerprint density at radius 2 is 1.72 bits per heavy atom. The summed E-state index contributed by atoms with van der Waals surface area (Å²) in [4.78, 5) is 48.4. The minimum absolute atomic E-state index is 0.109. The number of hydrogen-bond acceptors (Lipinski definition) is 5. The highest BCUT2D eigenvalue weighted by Crippen LogP contribution is 2.16. The number of benzene rings is 2. The molecule has 0 spiro atoms. The number of H-pyrrole nitrogens is 1. The van der Waals surface area contributed by atoms with E-state index in [9.17, 15) is 23.6 Å². The van der Waals surface area contributed by atoms with Gasteiger partial charge in [0.1, 0.15) is 6.54 Å². The van der Waals surface area contributed by atoms with Crippen LogP contribution in [0.15, 0.2) is 58.1 Å². The van der Waals surface area contributed by atoms with Gasteiger partial charge in [0, 0.05) is 0 Å². The number of para-hydroxylation sites is 1. The second-order valence-electron chi connectivity index (χ2n) is 6.11. The first-order valence-electron chi connectivity index (χ1n) is 8.58. The predicted octanol–water partition coefficient (Wildman–Crippen LogP) is 0.444. The minimum atomic E-state index is -1.10. The number of halogens is 1. The van der Waals surface area contributed by atoms with E-state index in [1.54, 1.807) is 18.2 Å². The number of aromatic nitrogens is 2. The lowest BCUT2D eigenvalue weighted by Gasteiger charge is -2.15. The molecule has 0 aliphatic heterocycles. The molecule has 1 aromatic heterocycles. The molecule has 3 aromatic rings. The molecule has 1 heterocycles. The van der Waals surface area contributed by atoms with Gasteiger partial charge in [-0.2, -0.15) is 0 Å². The zero-order valence-corrected chi connectivity index (χ0v) is 15.3. The monoisotopic (exact) mass is 400 g/mol. The molecule has 29 heavy (non-hydrogen) atoms. The van der Waals surface area contributed by atoms with E-state index in [-0.39, 0.29) is 16.5 Å². The average molecular weight is 400 g/mol. The van der Waals surface area contributed by atoms with Crippen molar-refractivity contribution in [2.75, 3.05) is 0 Å². The van der Waals surface area contributed by atoms with Crippen LogP contribution in [0.5, 0.6) is 5.75 Å². The van der Waals surface area contributed by atoms with Crippen LogP contribution in [0.3, 0.4) is 0 Å². The van der Waals surface area contributed by atoms with E-state index in [0.29, 0.717) is 0 Å². The smallest absolute Gasteiger partial charge is 0.279 e. The van der Waals surface area contributed by atoms with Gasteiger partial charge in [-0.05, 0) is 31.2 Å². The molecule has 2 aromatic carbocycles. The van der Waals surface area contributed by atoms with Crippen LogP contribution >= 0.6 is 0 Å². The van der Waals surface area contributed by atoms with Gasteiger partial charge in [0.25, 0.3) is 22.9 Å². The van der Waals surface area contributed by atoms with Crippen LogP contribution in [-0.4, -0.2) is 27.7 Å². The van der Waals surface area contributed by atoms with Crippen molar-refractivity contribution in [3.63, 3.8) is 0 Å². The highest BCUT2D eigenvalue weighted by molar-refractivity contribution is 5.85. The van der Waals surface area contributed by atoms with E-state index in [4.69, 9.17) is 4.74 Å². The summed E-state index contributed by atoms with van der Waals surface area (Å²) in [6.07, 6.45) is -1.10. The Bertz CT molecular complexity index is 1190. The molecule has 150 valence electrons. The fourth-order valence-electron chi connectivity index (χ4n) is 2.56. The quantitative estimate of drug-likeness (QED) is 0.537. The second kappa shape index (κ2) is 8.38. The van der Waals surface area contributed by atoms with Crippen LogP contribution in [-0.2, 0) is 16.1 Å². The van der Waals surface area contributed by atoms with E-state index in [2.05, 4.69) is 16.0 Å². The molecular formula is C19H17FN4O5. The summed E-state index contributed by atoms with van der Waals surface area (Å²) >= 11 is 0. The van der Waals surface area contributed by atoms with Gasteiger partial charge in [-0.25, -0.2) is 9.07 Å². The van der Waals surface area contributed by atoms with E-state index < -0.39 is 41.4 Å². The third-order valence-corrected chi connectivity index (χ3v) is 4.02. The standard InChI is InChI=1S/C19H17FN4O5/c1-11(29-15-9-5-4-8-14(15)20)17(26)22-21-16(25)10-24-19(28)13-7-3-2-6-12(13)18(27)23-24/h2-9,11H,10H2,1H3,(H,21,25)(H,22,26)(H,23,27)/t11-/m1/s1. The summed E-state index contributed by atoms with van der Waals surface area (Å²) in [5.41, 5.74) is 3.15. The van der Waals surface area contributed by atoms with Crippen LogP contribution in [0.25, 0.3) is 10.8 Å². The van der Waals surface area contributed by atoms with Gasteiger partial charge in [0.2, 0.25) is 0 Å². The highest BCUT2D eigenvalue weighted by Gasteiger charge is 2.17. The molecule has 9 nitrogen and oxygen atoms in total. The molecule has 10 heteroatoms. The van der Waals surface area contributed by atoms with Crippen molar-refractivity contribution < 1.29 is 18.7 Å². The molecule has 0 unspecified atom stereocenters. The zero-order valence-electron chi connectivity index (χ0n) is 15.3. The van der Waals surface area contributed by atoms with Crippen molar-refractivity contribution >= 4 is 22.6 Å². The third-order valence-electron chi connectivity index (χ3n) is 4.02. The minimum Gasteiger partial charge on any atom is -0.478 e. The number of amides is 2.